The van der Waals surface area contributed by atoms with Gasteiger partial charge in [-0.25, -0.2) is 0 Å². The Kier molecular flexibility index (Phi) is 3.31. The van der Waals surface area contributed by atoms with Gasteiger partial charge < -0.3 is 10.4 Å². The van der Waals surface area contributed by atoms with Gasteiger partial charge in [0.25, 0.3) is 0 Å². The van der Waals surface area contributed by atoms with E-state index in [2.05, 4.69) is 43.4 Å². The molecule has 88 valence electrons. The number of hydrogen-bond acceptors (Lipinski definition) is 2. The van der Waals surface area contributed by atoms with Crippen LogP contribution < -0.4 is 5.32 Å². The molecule has 1 aromatic rings. The normalized spacial score (nSPS) is 21.4. The van der Waals surface area contributed by atoms with Crippen LogP contribution in [0, 0.1) is 0 Å². The molecule has 1 aliphatic rings. The Labute approximate surface area is 97.7 Å². The van der Waals surface area contributed by atoms with Gasteiger partial charge in [-0.05, 0) is 31.2 Å². The van der Waals surface area contributed by atoms with Crippen LogP contribution in [0.15, 0.2) is 30.3 Å². The fourth-order valence-corrected chi connectivity index (χ4v) is 2.15. The zero-order valence-electron chi connectivity index (χ0n) is 10.1. The quantitative estimate of drug-likeness (QED) is 0.796. The number of nitrogens with one attached hydrogen (secondary N) is 1. The molecule has 0 radical (unpaired) electrons. The van der Waals surface area contributed by atoms with Gasteiger partial charge >= 0.3 is 0 Å². The summed E-state index contributed by atoms with van der Waals surface area (Å²) in [6.07, 6.45) is 2.21. The van der Waals surface area contributed by atoms with E-state index in [-0.39, 0.29) is 12.1 Å². The molecule has 1 saturated carbocycles. The predicted octanol–water partition coefficient (Wildman–Crippen LogP) is 2.29. The summed E-state index contributed by atoms with van der Waals surface area (Å²) >= 11 is 0. The monoisotopic (exact) mass is 219 g/mol. The summed E-state index contributed by atoms with van der Waals surface area (Å²) in [5.74, 6) is 0.477. The maximum absolute atomic E-state index is 9.30. The second kappa shape index (κ2) is 4.56. The van der Waals surface area contributed by atoms with Crippen LogP contribution >= 0.6 is 0 Å². The minimum absolute atomic E-state index is 0.0302. The summed E-state index contributed by atoms with van der Waals surface area (Å²) in [5.41, 5.74) is 1.39. The molecule has 2 heteroatoms. The lowest BCUT2D eigenvalue weighted by Gasteiger charge is -2.26. The molecule has 2 N–H and O–H groups in total. The van der Waals surface area contributed by atoms with Crippen molar-refractivity contribution < 1.29 is 5.11 Å². The topological polar surface area (TPSA) is 32.3 Å². The Morgan fingerprint density at radius 1 is 1.25 bits per heavy atom. The first-order chi connectivity index (χ1) is 7.67. The van der Waals surface area contributed by atoms with E-state index in [0.717, 1.165) is 12.8 Å². The van der Waals surface area contributed by atoms with E-state index < -0.39 is 0 Å². The van der Waals surface area contributed by atoms with Gasteiger partial charge in [0.2, 0.25) is 0 Å². The zero-order chi connectivity index (χ0) is 11.6. The van der Waals surface area contributed by atoms with Crippen molar-refractivity contribution in [2.45, 2.75) is 44.2 Å². The van der Waals surface area contributed by atoms with Crippen molar-refractivity contribution in [2.75, 3.05) is 6.61 Å². The summed E-state index contributed by atoms with van der Waals surface area (Å²) in [4.78, 5) is 0. The van der Waals surface area contributed by atoms with Crippen molar-refractivity contribution >= 4 is 0 Å². The largest absolute Gasteiger partial charge is 0.394 e. The van der Waals surface area contributed by atoms with Crippen molar-refractivity contribution in [3.8, 4) is 0 Å². The van der Waals surface area contributed by atoms with E-state index in [1.807, 2.05) is 6.07 Å². The van der Waals surface area contributed by atoms with Crippen LogP contribution in [0.25, 0.3) is 0 Å². The van der Waals surface area contributed by atoms with Gasteiger partial charge in [0, 0.05) is 11.6 Å². The molecule has 1 fully saturated rings. The highest BCUT2D eigenvalue weighted by atomic mass is 16.3. The standard InChI is InChI=1S/C14H21NO/c1-11(13-6-4-3-5-7-13)12(2)15-14(10-16)8-9-14/h3-7,11-12,15-16H,8-10H2,1-2H3. The molecule has 0 aliphatic heterocycles. The number of aliphatic hydroxyl groups excluding tert-OH is 1. The van der Waals surface area contributed by atoms with Gasteiger partial charge in [-0.3, -0.25) is 0 Å². The molecule has 0 saturated heterocycles. The molecule has 0 aromatic heterocycles. The third kappa shape index (κ3) is 2.45. The molecular formula is C14H21NO. The van der Waals surface area contributed by atoms with Gasteiger partial charge in [0.1, 0.15) is 0 Å². The predicted molar refractivity (Wildman–Crippen MR) is 66.5 cm³/mol. The Bertz CT molecular complexity index is 332. The van der Waals surface area contributed by atoms with Gasteiger partial charge in [0.05, 0.1) is 6.61 Å². The molecule has 2 rings (SSSR count). The van der Waals surface area contributed by atoms with Crippen molar-refractivity contribution in [1.29, 1.82) is 0 Å². The molecule has 2 nitrogen and oxygen atoms in total. The first kappa shape index (κ1) is 11.6. The van der Waals surface area contributed by atoms with E-state index in [1.165, 1.54) is 5.56 Å². The lowest BCUT2D eigenvalue weighted by Crippen LogP contribution is -2.43. The van der Waals surface area contributed by atoms with E-state index in [0.29, 0.717) is 12.0 Å². The maximum Gasteiger partial charge on any atom is 0.0613 e. The maximum atomic E-state index is 9.30. The fraction of sp³-hybridized carbons (Fsp3) is 0.571. The highest BCUT2D eigenvalue weighted by molar-refractivity contribution is 5.21. The SMILES string of the molecule is CC(NC1(CO)CC1)C(C)c1ccccc1. The Morgan fingerprint density at radius 2 is 1.88 bits per heavy atom. The number of benzene rings is 1. The van der Waals surface area contributed by atoms with Crippen molar-refractivity contribution in [1.82, 2.24) is 5.32 Å². The summed E-state index contributed by atoms with van der Waals surface area (Å²) in [6, 6.07) is 10.9. The highest BCUT2D eigenvalue weighted by Crippen LogP contribution is 2.36. The second-order valence-corrected chi connectivity index (χ2v) is 5.07. The Balaban J connectivity index is 1.97. The smallest absolute Gasteiger partial charge is 0.0613 e. The van der Waals surface area contributed by atoms with Crippen LogP contribution in [0.1, 0.15) is 38.2 Å². The second-order valence-electron chi connectivity index (χ2n) is 5.07. The molecule has 0 spiro atoms. The minimum atomic E-state index is 0.0302. The van der Waals surface area contributed by atoms with Crippen LogP contribution in [-0.4, -0.2) is 23.3 Å². The van der Waals surface area contributed by atoms with E-state index in [1.54, 1.807) is 0 Å². The summed E-state index contributed by atoms with van der Waals surface area (Å²) in [5, 5.41) is 12.9. The van der Waals surface area contributed by atoms with Gasteiger partial charge in [-0.15, -0.1) is 0 Å². The lowest BCUT2D eigenvalue weighted by molar-refractivity contribution is 0.216. The Hall–Kier alpha value is -0.860. The highest BCUT2D eigenvalue weighted by Gasteiger charge is 2.43. The molecule has 1 aromatic carbocycles. The minimum Gasteiger partial charge on any atom is -0.394 e. The summed E-state index contributed by atoms with van der Waals surface area (Å²) in [6.45, 7) is 4.70. The first-order valence-corrected chi connectivity index (χ1v) is 6.10. The average Bonchev–Trinajstić information content (AvgIpc) is 3.09. The van der Waals surface area contributed by atoms with Gasteiger partial charge in [-0.2, -0.15) is 0 Å². The number of aliphatic hydroxyl groups is 1. The van der Waals surface area contributed by atoms with Crippen LogP contribution in [0.4, 0.5) is 0 Å². The molecule has 16 heavy (non-hydrogen) atoms. The van der Waals surface area contributed by atoms with Gasteiger partial charge in [0.15, 0.2) is 0 Å². The van der Waals surface area contributed by atoms with Crippen molar-refractivity contribution in [3.05, 3.63) is 35.9 Å². The molecule has 0 amide bonds. The number of rotatable bonds is 5. The summed E-state index contributed by atoms with van der Waals surface area (Å²) in [7, 11) is 0. The van der Waals surface area contributed by atoms with E-state index in [4.69, 9.17) is 0 Å². The van der Waals surface area contributed by atoms with Crippen LogP contribution in [0.2, 0.25) is 0 Å². The lowest BCUT2D eigenvalue weighted by atomic mass is 9.94. The molecule has 2 unspecified atom stereocenters. The molecule has 2 atom stereocenters. The molecular weight excluding hydrogens is 198 g/mol. The number of hydrogen-bond donors (Lipinski definition) is 2. The Morgan fingerprint density at radius 3 is 2.38 bits per heavy atom. The van der Waals surface area contributed by atoms with E-state index in [9.17, 15) is 5.11 Å². The summed E-state index contributed by atoms with van der Waals surface area (Å²) < 4.78 is 0. The molecule has 0 bridgehead atoms. The zero-order valence-corrected chi connectivity index (χ0v) is 10.1. The molecule has 0 heterocycles. The first-order valence-electron chi connectivity index (χ1n) is 6.10. The van der Waals surface area contributed by atoms with Crippen LogP contribution in [-0.2, 0) is 0 Å². The third-order valence-corrected chi connectivity index (χ3v) is 3.77. The van der Waals surface area contributed by atoms with Crippen LogP contribution in [0.5, 0.6) is 0 Å². The van der Waals surface area contributed by atoms with Crippen LogP contribution in [0.3, 0.4) is 0 Å². The molecule has 1 aliphatic carbocycles. The van der Waals surface area contributed by atoms with Crippen molar-refractivity contribution in [2.24, 2.45) is 0 Å². The van der Waals surface area contributed by atoms with Gasteiger partial charge in [-0.1, -0.05) is 37.3 Å². The van der Waals surface area contributed by atoms with E-state index >= 15 is 0 Å². The third-order valence-electron chi connectivity index (χ3n) is 3.77. The average molecular weight is 219 g/mol. The fourth-order valence-electron chi connectivity index (χ4n) is 2.15. The van der Waals surface area contributed by atoms with Crippen molar-refractivity contribution in [3.63, 3.8) is 0 Å².